The van der Waals surface area contributed by atoms with Gasteiger partial charge in [-0.25, -0.2) is 14.5 Å². The minimum absolute atomic E-state index is 0.226. The summed E-state index contributed by atoms with van der Waals surface area (Å²) in [5.41, 5.74) is 3.07. The molecule has 25 heavy (non-hydrogen) atoms. The molecule has 2 heterocycles. The third-order valence-electron chi connectivity index (χ3n) is 4.45. The van der Waals surface area contributed by atoms with E-state index in [0.29, 0.717) is 11.4 Å². The van der Waals surface area contributed by atoms with E-state index < -0.39 is 5.97 Å². The summed E-state index contributed by atoms with van der Waals surface area (Å²) < 4.78 is 1.70. The smallest absolute Gasteiger partial charge is 0.335 e. The molecular formula is C19H18N4O2. The van der Waals surface area contributed by atoms with E-state index in [1.165, 1.54) is 18.5 Å². The Morgan fingerprint density at radius 3 is 2.44 bits per heavy atom. The fraction of sp³-hybridized carbons (Fsp3) is 0.211. The standard InChI is InChI=1S/C19H18N4O2/c24-19(25)15-5-3-4-14(12-15)18-20-13-23(21-18)17-8-6-16(7-9-17)22-10-1-2-11-22/h3-9,12-13H,1-2,10-11H2,(H,24,25). The topological polar surface area (TPSA) is 71.2 Å². The van der Waals surface area contributed by atoms with E-state index in [0.717, 1.165) is 18.8 Å². The van der Waals surface area contributed by atoms with Gasteiger partial charge in [-0.3, -0.25) is 0 Å². The van der Waals surface area contributed by atoms with Crippen molar-refractivity contribution in [3.8, 4) is 17.1 Å². The number of aromatic nitrogens is 3. The van der Waals surface area contributed by atoms with Gasteiger partial charge in [-0.1, -0.05) is 12.1 Å². The van der Waals surface area contributed by atoms with Crippen molar-refractivity contribution < 1.29 is 9.90 Å². The van der Waals surface area contributed by atoms with Crippen LogP contribution in [0.5, 0.6) is 0 Å². The summed E-state index contributed by atoms with van der Waals surface area (Å²) in [6.45, 7) is 2.24. The number of anilines is 1. The van der Waals surface area contributed by atoms with Crippen LogP contribution in [0.25, 0.3) is 17.1 Å². The molecule has 1 fully saturated rings. The molecule has 0 aliphatic carbocycles. The van der Waals surface area contributed by atoms with Crippen molar-refractivity contribution in [1.82, 2.24) is 14.8 Å². The van der Waals surface area contributed by atoms with Gasteiger partial charge in [0.1, 0.15) is 6.33 Å². The lowest BCUT2D eigenvalue weighted by Gasteiger charge is -2.17. The van der Waals surface area contributed by atoms with E-state index >= 15 is 0 Å². The molecule has 0 atom stereocenters. The Labute approximate surface area is 145 Å². The quantitative estimate of drug-likeness (QED) is 0.793. The molecule has 0 unspecified atom stereocenters. The molecule has 126 valence electrons. The number of carbonyl (C=O) groups is 1. The third-order valence-corrected chi connectivity index (χ3v) is 4.45. The van der Waals surface area contributed by atoms with Crippen LogP contribution < -0.4 is 4.90 Å². The monoisotopic (exact) mass is 334 g/mol. The average molecular weight is 334 g/mol. The van der Waals surface area contributed by atoms with Crippen molar-refractivity contribution in [2.24, 2.45) is 0 Å². The van der Waals surface area contributed by atoms with Gasteiger partial charge in [-0.15, -0.1) is 5.10 Å². The van der Waals surface area contributed by atoms with Crippen LogP contribution >= 0.6 is 0 Å². The fourth-order valence-electron chi connectivity index (χ4n) is 3.10. The molecule has 0 amide bonds. The Hall–Kier alpha value is -3.15. The Morgan fingerprint density at radius 1 is 1.00 bits per heavy atom. The molecule has 0 saturated carbocycles. The van der Waals surface area contributed by atoms with E-state index in [4.69, 9.17) is 5.11 Å². The lowest BCUT2D eigenvalue weighted by Crippen LogP contribution is -2.17. The second-order valence-corrected chi connectivity index (χ2v) is 6.11. The van der Waals surface area contributed by atoms with E-state index in [-0.39, 0.29) is 5.56 Å². The molecule has 0 spiro atoms. The number of hydrogen-bond donors (Lipinski definition) is 1. The first-order valence-electron chi connectivity index (χ1n) is 8.31. The van der Waals surface area contributed by atoms with Crippen LogP contribution in [0.15, 0.2) is 54.9 Å². The number of hydrogen-bond acceptors (Lipinski definition) is 4. The number of rotatable bonds is 4. The summed E-state index contributed by atoms with van der Waals surface area (Å²) in [4.78, 5) is 17.8. The molecular weight excluding hydrogens is 316 g/mol. The first kappa shape index (κ1) is 15.4. The molecule has 6 heteroatoms. The normalized spacial score (nSPS) is 14.0. The molecule has 1 aromatic heterocycles. The van der Waals surface area contributed by atoms with Crippen LogP contribution in [0.4, 0.5) is 5.69 Å². The zero-order chi connectivity index (χ0) is 17.2. The summed E-state index contributed by atoms with van der Waals surface area (Å²) >= 11 is 0. The summed E-state index contributed by atoms with van der Waals surface area (Å²) in [6.07, 6.45) is 4.15. The predicted octanol–water partition coefficient (Wildman–Crippen LogP) is 3.23. The van der Waals surface area contributed by atoms with Gasteiger partial charge in [-0.05, 0) is 49.2 Å². The van der Waals surface area contributed by atoms with Crippen molar-refractivity contribution in [2.75, 3.05) is 18.0 Å². The number of carboxylic acid groups (broad SMARTS) is 1. The second-order valence-electron chi connectivity index (χ2n) is 6.11. The maximum atomic E-state index is 11.1. The van der Waals surface area contributed by atoms with Crippen molar-refractivity contribution in [1.29, 1.82) is 0 Å². The van der Waals surface area contributed by atoms with Gasteiger partial charge in [0.25, 0.3) is 0 Å². The highest BCUT2D eigenvalue weighted by Gasteiger charge is 2.13. The Bertz CT molecular complexity index is 896. The van der Waals surface area contributed by atoms with Gasteiger partial charge in [0, 0.05) is 24.3 Å². The van der Waals surface area contributed by atoms with Crippen LogP contribution in [0.3, 0.4) is 0 Å². The van der Waals surface area contributed by atoms with Crippen LogP contribution in [-0.4, -0.2) is 38.9 Å². The lowest BCUT2D eigenvalue weighted by atomic mass is 10.1. The maximum absolute atomic E-state index is 11.1. The number of nitrogens with zero attached hydrogens (tertiary/aromatic N) is 4. The van der Waals surface area contributed by atoms with Gasteiger partial charge in [0.15, 0.2) is 5.82 Å². The first-order chi connectivity index (χ1) is 12.2. The molecule has 1 N–H and O–H groups in total. The lowest BCUT2D eigenvalue weighted by molar-refractivity contribution is 0.0697. The van der Waals surface area contributed by atoms with Crippen molar-refractivity contribution in [2.45, 2.75) is 12.8 Å². The number of aromatic carboxylic acids is 1. The molecule has 3 aromatic rings. The molecule has 1 saturated heterocycles. The van der Waals surface area contributed by atoms with E-state index in [9.17, 15) is 4.79 Å². The zero-order valence-electron chi connectivity index (χ0n) is 13.7. The van der Waals surface area contributed by atoms with Crippen molar-refractivity contribution in [3.63, 3.8) is 0 Å². The molecule has 0 radical (unpaired) electrons. The number of carboxylic acids is 1. The Kier molecular flexibility index (Phi) is 3.93. The highest BCUT2D eigenvalue weighted by molar-refractivity contribution is 5.89. The predicted molar refractivity (Wildman–Crippen MR) is 95.2 cm³/mol. The fourth-order valence-corrected chi connectivity index (χ4v) is 3.10. The van der Waals surface area contributed by atoms with Crippen LogP contribution in [-0.2, 0) is 0 Å². The molecule has 1 aliphatic rings. The highest BCUT2D eigenvalue weighted by atomic mass is 16.4. The summed E-state index contributed by atoms with van der Waals surface area (Å²) in [5, 5.41) is 13.6. The largest absolute Gasteiger partial charge is 0.478 e. The Morgan fingerprint density at radius 2 is 1.72 bits per heavy atom. The van der Waals surface area contributed by atoms with Gasteiger partial charge in [-0.2, -0.15) is 0 Å². The zero-order valence-corrected chi connectivity index (χ0v) is 13.7. The minimum Gasteiger partial charge on any atom is -0.478 e. The van der Waals surface area contributed by atoms with E-state index in [1.54, 1.807) is 29.2 Å². The van der Waals surface area contributed by atoms with E-state index in [1.807, 2.05) is 18.2 Å². The van der Waals surface area contributed by atoms with Gasteiger partial charge < -0.3 is 10.0 Å². The minimum atomic E-state index is -0.959. The molecule has 4 rings (SSSR count). The van der Waals surface area contributed by atoms with Crippen LogP contribution in [0, 0.1) is 0 Å². The van der Waals surface area contributed by atoms with E-state index in [2.05, 4.69) is 27.1 Å². The van der Waals surface area contributed by atoms with Crippen molar-refractivity contribution in [3.05, 3.63) is 60.4 Å². The third kappa shape index (κ3) is 3.10. The number of benzene rings is 2. The summed E-state index contributed by atoms with van der Waals surface area (Å²) in [7, 11) is 0. The van der Waals surface area contributed by atoms with Crippen molar-refractivity contribution >= 4 is 11.7 Å². The highest BCUT2D eigenvalue weighted by Crippen LogP contribution is 2.22. The average Bonchev–Trinajstić information content (AvgIpc) is 3.34. The van der Waals surface area contributed by atoms with Crippen LogP contribution in [0.2, 0.25) is 0 Å². The molecule has 0 bridgehead atoms. The van der Waals surface area contributed by atoms with Crippen LogP contribution in [0.1, 0.15) is 23.2 Å². The SMILES string of the molecule is O=C(O)c1cccc(-c2ncn(-c3ccc(N4CCCC4)cc3)n2)c1. The summed E-state index contributed by atoms with van der Waals surface area (Å²) in [5.74, 6) is -0.453. The first-order valence-corrected chi connectivity index (χ1v) is 8.31. The van der Waals surface area contributed by atoms with Gasteiger partial charge in [0.05, 0.1) is 11.3 Å². The second kappa shape index (κ2) is 6.39. The maximum Gasteiger partial charge on any atom is 0.335 e. The van der Waals surface area contributed by atoms with Gasteiger partial charge in [0.2, 0.25) is 0 Å². The van der Waals surface area contributed by atoms with Gasteiger partial charge >= 0.3 is 5.97 Å². The molecule has 6 nitrogen and oxygen atoms in total. The molecule has 1 aliphatic heterocycles. The summed E-state index contributed by atoms with van der Waals surface area (Å²) in [6, 6.07) is 14.9. The molecule has 2 aromatic carbocycles. The Balaban J connectivity index is 1.58.